The van der Waals surface area contributed by atoms with Gasteiger partial charge in [-0.15, -0.1) is 0 Å². The van der Waals surface area contributed by atoms with E-state index >= 15 is 0 Å². The first kappa shape index (κ1) is 13.2. The fourth-order valence-corrected chi connectivity index (χ4v) is 1.90. The van der Waals surface area contributed by atoms with Crippen molar-refractivity contribution in [2.45, 2.75) is 26.8 Å². The lowest BCUT2D eigenvalue weighted by molar-refractivity contribution is -0.121. The van der Waals surface area contributed by atoms with E-state index in [-0.39, 0.29) is 5.91 Å². The third-order valence-electron chi connectivity index (χ3n) is 2.15. The molecule has 0 aliphatic rings. The molecule has 1 heterocycles. The van der Waals surface area contributed by atoms with E-state index in [4.69, 9.17) is 0 Å². The third kappa shape index (κ3) is 5.88. The van der Waals surface area contributed by atoms with Gasteiger partial charge in [-0.05, 0) is 28.3 Å². The molecule has 3 nitrogen and oxygen atoms in total. The van der Waals surface area contributed by atoms with Gasteiger partial charge in [-0.3, -0.25) is 4.79 Å². The quantitative estimate of drug-likeness (QED) is 0.716. The third-order valence-corrected chi connectivity index (χ3v) is 2.88. The molecule has 0 unspecified atom stereocenters. The lowest BCUT2D eigenvalue weighted by Crippen LogP contribution is -2.30. The van der Waals surface area contributed by atoms with Gasteiger partial charge in [-0.1, -0.05) is 13.8 Å². The van der Waals surface area contributed by atoms with Gasteiger partial charge >= 0.3 is 0 Å². The summed E-state index contributed by atoms with van der Waals surface area (Å²) < 4.78 is 0. The van der Waals surface area contributed by atoms with E-state index in [9.17, 15) is 4.79 Å². The summed E-state index contributed by atoms with van der Waals surface area (Å²) in [5.41, 5.74) is 1.28. The van der Waals surface area contributed by atoms with Crippen LogP contribution in [0, 0.1) is 5.92 Å². The SMILES string of the molecule is CC(C)CNC(=O)CCNCc1ccsc1. The maximum atomic E-state index is 11.4. The van der Waals surface area contributed by atoms with Crippen LogP contribution in [0.3, 0.4) is 0 Å². The van der Waals surface area contributed by atoms with Crippen LogP contribution < -0.4 is 10.6 Å². The molecule has 1 rings (SSSR count). The Kier molecular flexibility index (Phi) is 6.11. The standard InChI is InChI=1S/C12H20N2OS/c1-10(2)7-14-12(15)3-5-13-8-11-4-6-16-9-11/h4,6,9-10,13H,3,5,7-8H2,1-2H3,(H,14,15). The highest BCUT2D eigenvalue weighted by Crippen LogP contribution is 2.04. The maximum Gasteiger partial charge on any atom is 0.221 e. The summed E-state index contributed by atoms with van der Waals surface area (Å²) in [5.74, 6) is 0.647. The number of carbonyl (C=O) groups is 1. The van der Waals surface area contributed by atoms with Crippen molar-refractivity contribution in [2.24, 2.45) is 5.92 Å². The lowest BCUT2D eigenvalue weighted by Gasteiger charge is -2.07. The van der Waals surface area contributed by atoms with Crippen molar-refractivity contribution in [3.63, 3.8) is 0 Å². The van der Waals surface area contributed by atoms with Crippen molar-refractivity contribution < 1.29 is 4.79 Å². The zero-order valence-electron chi connectivity index (χ0n) is 9.95. The molecule has 1 amide bonds. The van der Waals surface area contributed by atoms with Gasteiger partial charge in [0.05, 0.1) is 0 Å². The molecule has 1 aromatic rings. The highest BCUT2D eigenvalue weighted by molar-refractivity contribution is 7.07. The zero-order chi connectivity index (χ0) is 11.8. The summed E-state index contributed by atoms with van der Waals surface area (Å²) in [5, 5.41) is 10.3. The minimum absolute atomic E-state index is 0.131. The van der Waals surface area contributed by atoms with Crippen molar-refractivity contribution in [3.8, 4) is 0 Å². The molecule has 0 bridgehead atoms. The first-order valence-corrected chi connectivity index (χ1v) is 6.61. The second-order valence-corrected chi connectivity index (χ2v) is 5.04. The molecule has 4 heteroatoms. The number of hydrogen-bond donors (Lipinski definition) is 2. The molecule has 0 radical (unpaired) electrons. The molecule has 2 N–H and O–H groups in total. The summed E-state index contributed by atoms with van der Waals surface area (Å²) in [4.78, 5) is 11.4. The van der Waals surface area contributed by atoms with Gasteiger partial charge in [-0.2, -0.15) is 11.3 Å². The summed E-state index contributed by atoms with van der Waals surface area (Å²) in [6.45, 7) is 6.54. The largest absolute Gasteiger partial charge is 0.356 e. The Morgan fingerprint density at radius 2 is 2.31 bits per heavy atom. The van der Waals surface area contributed by atoms with Gasteiger partial charge in [0.1, 0.15) is 0 Å². The van der Waals surface area contributed by atoms with Gasteiger partial charge < -0.3 is 10.6 Å². The van der Waals surface area contributed by atoms with Gasteiger partial charge in [0.2, 0.25) is 5.91 Å². The Hall–Kier alpha value is -0.870. The molecule has 16 heavy (non-hydrogen) atoms. The molecular formula is C12H20N2OS. The molecule has 1 aromatic heterocycles. The molecule has 0 saturated carbocycles. The predicted molar refractivity (Wildman–Crippen MR) is 68.5 cm³/mol. The summed E-state index contributed by atoms with van der Waals surface area (Å²) in [7, 11) is 0. The minimum Gasteiger partial charge on any atom is -0.356 e. The van der Waals surface area contributed by atoms with Gasteiger partial charge in [-0.25, -0.2) is 0 Å². The van der Waals surface area contributed by atoms with E-state index in [0.717, 1.165) is 19.6 Å². The smallest absolute Gasteiger partial charge is 0.221 e. The van der Waals surface area contributed by atoms with Crippen LogP contribution in [0.2, 0.25) is 0 Å². The van der Waals surface area contributed by atoms with E-state index in [0.29, 0.717) is 12.3 Å². The summed E-state index contributed by atoms with van der Waals surface area (Å²) in [6, 6.07) is 2.09. The molecule has 0 aromatic carbocycles. The van der Waals surface area contributed by atoms with Crippen LogP contribution in [-0.2, 0) is 11.3 Å². The van der Waals surface area contributed by atoms with Crippen LogP contribution in [0.4, 0.5) is 0 Å². The van der Waals surface area contributed by atoms with Crippen molar-refractivity contribution in [1.29, 1.82) is 0 Å². The average molecular weight is 240 g/mol. The van der Waals surface area contributed by atoms with Crippen LogP contribution in [0.15, 0.2) is 16.8 Å². The molecule has 0 aliphatic carbocycles. The molecular weight excluding hydrogens is 220 g/mol. The van der Waals surface area contributed by atoms with Crippen molar-refractivity contribution >= 4 is 17.2 Å². The van der Waals surface area contributed by atoms with E-state index in [1.807, 2.05) is 0 Å². The molecule has 0 atom stereocenters. The Labute approximate surface area is 101 Å². The topological polar surface area (TPSA) is 41.1 Å². The predicted octanol–water partition coefficient (Wildman–Crippen LogP) is 2.00. The number of amides is 1. The molecule has 0 spiro atoms. The second-order valence-electron chi connectivity index (χ2n) is 4.26. The lowest BCUT2D eigenvalue weighted by atomic mass is 10.2. The summed E-state index contributed by atoms with van der Waals surface area (Å²) >= 11 is 1.70. The molecule has 0 aliphatic heterocycles. The highest BCUT2D eigenvalue weighted by atomic mass is 32.1. The van der Waals surface area contributed by atoms with E-state index in [1.165, 1.54) is 5.56 Å². The van der Waals surface area contributed by atoms with E-state index < -0.39 is 0 Å². The Morgan fingerprint density at radius 1 is 1.50 bits per heavy atom. The Morgan fingerprint density at radius 3 is 2.94 bits per heavy atom. The minimum atomic E-state index is 0.131. The molecule has 0 saturated heterocycles. The Bertz CT molecular complexity index is 296. The fraction of sp³-hybridized carbons (Fsp3) is 0.583. The van der Waals surface area contributed by atoms with Crippen LogP contribution in [0.1, 0.15) is 25.8 Å². The molecule has 0 fully saturated rings. The fourth-order valence-electron chi connectivity index (χ4n) is 1.23. The van der Waals surface area contributed by atoms with E-state index in [1.54, 1.807) is 11.3 Å². The van der Waals surface area contributed by atoms with Gasteiger partial charge in [0, 0.05) is 26.1 Å². The van der Waals surface area contributed by atoms with Crippen molar-refractivity contribution in [1.82, 2.24) is 10.6 Å². The van der Waals surface area contributed by atoms with Gasteiger partial charge in [0.15, 0.2) is 0 Å². The van der Waals surface area contributed by atoms with Crippen molar-refractivity contribution in [2.75, 3.05) is 13.1 Å². The number of nitrogens with one attached hydrogen (secondary N) is 2. The average Bonchev–Trinajstić information content (AvgIpc) is 2.74. The maximum absolute atomic E-state index is 11.4. The summed E-state index contributed by atoms with van der Waals surface area (Å²) in [6.07, 6.45) is 0.552. The van der Waals surface area contributed by atoms with Crippen LogP contribution in [0.25, 0.3) is 0 Å². The number of carbonyl (C=O) groups excluding carboxylic acids is 1. The first-order valence-electron chi connectivity index (χ1n) is 5.67. The number of hydrogen-bond acceptors (Lipinski definition) is 3. The highest BCUT2D eigenvalue weighted by Gasteiger charge is 2.01. The van der Waals surface area contributed by atoms with Crippen LogP contribution in [0.5, 0.6) is 0 Å². The van der Waals surface area contributed by atoms with Crippen molar-refractivity contribution in [3.05, 3.63) is 22.4 Å². The number of thiophene rings is 1. The normalized spacial score (nSPS) is 10.7. The molecule has 90 valence electrons. The first-order chi connectivity index (χ1) is 7.68. The van der Waals surface area contributed by atoms with Crippen LogP contribution in [-0.4, -0.2) is 19.0 Å². The Balaban J connectivity index is 2.00. The van der Waals surface area contributed by atoms with E-state index in [2.05, 4.69) is 41.3 Å². The zero-order valence-corrected chi connectivity index (χ0v) is 10.8. The van der Waals surface area contributed by atoms with Crippen LogP contribution >= 0.6 is 11.3 Å². The second kappa shape index (κ2) is 7.41. The monoisotopic (exact) mass is 240 g/mol. The number of rotatable bonds is 7. The van der Waals surface area contributed by atoms with Gasteiger partial charge in [0.25, 0.3) is 0 Å².